The predicted octanol–water partition coefficient (Wildman–Crippen LogP) is 4.98. The zero-order valence-corrected chi connectivity index (χ0v) is 14.2. The molecule has 0 aliphatic rings. The van der Waals surface area contributed by atoms with E-state index >= 15 is 0 Å². The van der Waals surface area contributed by atoms with Crippen LogP contribution in [-0.2, 0) is 4.79 Å². The van der Waals surface area contributed by atoms with E-state index in [-0.39, 0.29) is 11.5 Å². The van der Waals surface area contributed by atoms with Gasteiger partial charge in [-0.3, -0.25) is 4.79 Å². The van der Waals surface area contributed by atoms with Gasteiger partial charge in [0.1, 0.15) is 5.58 Å². The van der Waals surface area contributed by atoms with E-state index in [2.05, 4.69) is 12.2 Å². The minimum Gasteiger partial charge on any atom is -0.422 e. The molecule has 0 unspecified atom stereocenters. The highest BCUT2D eigenvalue weighted by Crippen LogP contribution is 2.23. The number of nitrogens with one attached hydrogen (secondary N) is 1. The standard InChI is InChI=1S/C21H21NO3/c1-2-3-4-12-20(23)22-17-10-7-9-15(13-17)18-14-16-8-5-6-11-19(16)25-21(18)24/h5-11,13-14H,2-4,12H2,1H3,(H,22,23). The van der Waals surface area contributed by atoms with Gasteiger partial charge < -0.3 is 9.73 Å². The molecule has 0 aliphatic carbocycles. The zero-order valence-electron chi connectivity index (χ0n) is 14.2. The van der Waals surface area contributed by atoms with Gasteiger partial charge in [-0.15, -0.1) is 0 Å². The summed E-state index contributed by atoms with van der Waals surface area (Å²) < 4.78 is 5.39. The van der Waals surface area contributed by atoms with Gasteiger partial charge in [-0.25, -0.2) is 4.79 Å². The summed E-state index contributed by atoms with van der Waals surface area (Å²) in [5.41, 5.74) is 2.08. The maximum absolute atomic E-state index is 12.3. The van der Waals surface area contributed by atoms with Crippen LogP contribution < -0.4 is 10.9 Å². The lowest BCUT2D eigenvalue weighted by Crippen LogP contribution is -2.11. The Balaban J connectivity index is 1.85. The third-order valence-corrected chi connectivity index (χ3v) is 4.11. The van der Waals surface area contributed by atoms with Crippen molar-refractivity contribution in [1.29, 1.82) is 0 Å². The number of carbonyl (C=O) groups is 1. The third kappa shape index (κ3) is 4.15. The van der Waals surface area contributed by atoms with Gasteiger partial charge in [0.2, 0.25) is 5.91 Å². The molecule has 0 saturated heterocycles. The van der Waals surface area contributed by atoms with Crippen molar-refractivity contribution >= 4 is 22.6 Å². The van der Waals surface area contributed by atoms with Gasteiger partial charge in [0.05, 0.1) is 5.56 Å². The minimum atomic E-state index is -0.384. The van der Waals surface area contributed by atoms with E-state index in [1.165, 1.54) is 0 Å². The maximum atomic E-state index is 12.3. The number of rotatable bonds is 6. The molecule has 0 saturated carbocycles. The summed E-state index contributed by atoms with van der Waals surface area (Å²) in [5, 5.41) is 3.76. The third-order valence-electron chi connectivity index (χ3n) is 4.11. The van der Waals surface area contributed by atoms with E-state index in [9.17, 15) is 9.59 Å². The molecule has 0 spiro atoms. The average Bonchev–Trinajstić information content (AvgIpc) is 2.61. The Labute approximate surface area is 146 Å². The van der Waals surface area contributed by atoms with Crippen LogP contribution in [0.5, 0.6) is 0 Å². The van der Waals surface area contributed by atoms with Crippen molar-refractivity contribution in [2.24, 2.45) is 0 Å². The number of unbranched alkanes of at least 4 members (excludes halogenated alkanes) is 2. The fraction of sp³-hybridized carbons (Fsp3) is 0.238. The topological polar surface area (TPSA) is 59.3 Å². The molecular weight excluding hydrogens is 314 g/mol. The van der Waals surface area contributed by atoms with E-state index in [1.54, 1.807) is 12.1 Å². The van der Waals surface area contributed by atoms with Crippen molar-refractivity contribution in [3.63, 3.8) is 0 Å². The van der Waals surface area contributed by atoms with Crippen LogP contribution >= 0.6 is 0 Å². The number of hydrogen-bond acceptors (Lipinski definition) is 3. The summed E-state index contributed by atoms with van der Waals surface area (Å²) >= 11 is 0. The predicted molar refractivity (Wildman–Crippen MR) is 101 cm³/mol. The van der Waals surface area contributed by atoms with Crippen LogP contribution in [0.25, 0.3) is 22.1 Å². The van der Waals surface area contributed by atoms with Crippen molar-refractivity contribution in [3.05, 3.63) is 65.0 Å². The molecule has 0 aliphatic heterocycles. The van der Waals surface area contributed by atoms with Crippen LogP contribution in [-0.4, -0.2) is 5.91 Å². The SMILES string of the molecule is CCCCCC(=O)Nc1cccc(-c2cc3ccccc3oc2=O)c1. The monoisotopic (exact) mass is 335 g/mol. The summed E-state index contributed by atoms with van der Waals surface area (Å²) in [4.78, 5) is 24.3. The normalized spacial score (nSPS) is 10.8. The summed E-state index contributed by atoms with van der Waals surface area (Å²) in [5.74, 6) is -0.00357. The van der Waals surface area contributed by atoms with Crippen LogP contribution in [0, 0.1) is 0 Å². The summed E-state index contributed by atoms with van der Waals surface area (Å²) in [6.07, 6.45) is 3.53. The lowest BCUT2D eigenvalue weighted by Gasteiger charge is -2.08. The van der Waals surface area contributed by atoms with Crippen LogP contribution in [0.4, 0.5) is 5.69 Å². The van der Waals surface area contributed by atoms with Crippen LogP contribution in [0.1, 0.15) is 32.6 Å². The van der Waals surface area contributed by atoms with E-state index in [1.807, 2.05) is 42.5 Å². The number of para-hydroxylation sites is 1. The smallest absolute Gasteiger partial charge is 0.344 e. The van der Waals surface area contributed by atoms with Gasteiger partial charge in [-0.2, -0.15) is 0 Å². The van der Waals surface area contributed by atoms with Crippen molar-refractivity contribution in [2.45, 2.75) is 32.6 Å². The first-order valence-electron chi connectivity index (χ1n) is 8.60. The van der Waals surface area contributed by atoms with Gasteiger partial charge in [-0.1, -0.05) is 50.1 Å². The molecule has 1 amide bonds. The molecule has 3 aromatic rings. The summed E-state index contributed by atoms with van der Waals surface area (Å²) in [7, 11) is 0. The van der Waals surface area contributed by atoms with Crippen LogP contribution in [0.2, 0.25) is 0 Å². The number of amides is 1. The Bertz CT molecular complexity index is 943. The highest BCUT2D eigenvalue weighted by molar-refractivity contribution is 5.91. The molecule has 1 aromatic heterocycles. The van der Waals surface area contributed by atoms with Gasteiger partial charge in [0.25, 0.3) is 0 Å². The number of hydrogen-bond donors (Lipinski definition) is 1. The Kier molecular flexibility index (Phi) is 5.29. The van der Waals surface area contributed by atoms with Crippen molar-refractivity contribution in [2.75, 3.05) is 5.32 Å². The van der Waals surface area contributed by atoms with Crippen molar-refractivity contribution < 1.29 is 9.21 Å². The van der Waals surface area contributed by atoms with Crippen LogP contribution in [0.3, 0.4) is 0 Å². The minimum absolute atomic E-state index is 0.00357. The second-order valence-corrected chi connectivity index (χ2v) is 6.07. The fourth-order valence-electron chi connectivity index (χ4n) is 2.79. The Hall–Kier alpha value is -2.88. The first-order valence-corrected chi connectivity index (χ1v) is 8.60. The van der Waals surface area contributed by atoms with Gasteiger partial charge in [0, 0.05) is 17.5 Å². The number of anilines is 1. The molecule has 1 N–H and O–H groups in total. The number of carbonyl (C=O) groups excluding carboxylic acids is 1. The molecule has 0 bridgehead atoms. The molecule has 0 radical (unpaired) electrons. The molecule has 1 heterocycles. The first kappa shape index (κ1) is 17.0. The second-order valence-electron chi connectivity index (χ2n) is 6.07. The number of benzene rings is 2. The molecular formula is C21H21NO3. The summed E-state index contributed by atoms with van der Waals surface area (Å²) in [6, 6.07) is 16.5. The number of fused-ring (bicyclic) bond motifs is 1. The molecule has 25 heavy (non-hydrogen) atoms. The van der Waals surface area contributed by atoms with E-state index in [0.29, 0.717) is 23.3 Å². The van der Waals surface area contributed by atoms with Gasteiger partial charge in [-0.05, 0) is 36.2 Å². The van der Waals surface area contributed by atoms with Gasteiger partial charge in [0.15, 0.2) is 0 Å². The lowest BCUT2D eigenvalue weighted by atomic mass is 10.1. The van der Waals surface area contributed by atoms with E-state index < -0.39 is 0 Å². The maximum Gasteiger partial charge on any atom is 0.344 e. The van der Waals surface area contributed by atoms with Crippen molar-refractivity contribution in [1.82, 2.24) is 0 Å². The Morgan fingerprint density at radius 1 is 1.04 bits per heavy atom. The highest BCUT2D eigenvalue weighted by Gasteiger charge is 2.09. The Morgan fingerprint density at radius 2 is 1.88 bits per heavy atom. The quantitative estimate of drug-likeness (QED) is 0.510. The molecule has 4 heteroatoms. The Morgan fingerprint density at radius 3 is 2.72 bits per heavy atom. The highest BCUT2D eigenvalue weighted by atomic mass is 16.4. The van der Waals surface area contributed by atoms with Crippen molar-refractivity contribution in [3.8, 4) is 11.1 Å². The van der Waals surface area contributed by atoms with E-state index in [4.69, 9.17) is 4.42 Å². The van der Waals surface area contributed by atoms with Crippen LogP contribution in [0.15, 0.2) is 63.8 Å². The molecule has 128 valence electrons. The van der Waals surface area contributed by atoms with Gasteiger partial charge >= 0.3 is 5.63 Å². The zero-order chi connectivity index (χ0) is 17.6. The second kappa shape index (κ2) is 7.79. The molecule has 3 rings (SSSR count). The molecule has 2 aromatic carbocycles. The average molecular weight is 335 g/mol. The molecule has 0 fully saturated rings. The lowest BCUT2D eigenvalue weighted by molar-refractivity contribution is -0.116. The van der Waals surface area contributed by atoms with E-state index in [0.717, 1.165) is 30.2 Å². The molecule has 0 atom stereocenters. The molecule has 4 nitrogen and oxygen atoms in total. The summed E-state index contributed by atoms with van der Waals surface area (Å²) in [6.45, 7) is 2.11. The first-order chi connectivity index (χ1) is 12.2. The largest absolute Gasteiger partial charge is 0.422 e. The fourth-order valence-corrected chi connectivity index (χ4v) is 2.79.